The molecule has 1 aromatic carbocycles. The fourth-order valence-corrected chi connectivity index (χ4v) is 5.11. The highest BCUT2D eigenvalue weighted by Gasteiger charge is 2.33. The van der Waals surface area contributed by atoms with Crippen LogP contribution < -0.4 is 5.32 Å². The number of ether oxygens (including phenoxy) is 1. The van der Waals surface area contributed by atoms with Gasteiger partial charge in [-0.05, 0) is 19.2 Å². The summed E-state index contributed by atoms with van der Waals surface area (Å²) in [6, 6.07) is 2.74. The van der Waals surface area contributed by atoms with Gasteiger partial charge in [0.2, 0.25) is 10.0 Å². The molecule has 1 heterocycles. The van der Waals surface area contributed by atoms with Gasteiger partial charge in [0.25, 0.3) is 0 Å². The minimum Gasteiger partial charge on any atom is -0.374 e. The number of halogens is 3. The molecule has 0 saturated carbocycles. The molecule has 21 heavy (non-hydrogen) atoms. The topological polar surface area (TPSA) is 58.6 Å². The molecule has 1 aliphatic heterocycles. The first kappa shape index (κ1) is 17.3. The predicted octanol–water partition coefficient (Wildman–Crippen LogP) is 2.26. The van der Waals surface area contributed by atoms with Crippen LogP contribution in [0.3, 0.4) is 0 Å². The molecule has 0 spiro atoms. The monoisotopic (exact) mass is 372 g/mol. The molecule has 1 unspecified atom stereocenters. The Labute approximate surface area is 139 Å². The van der Waals surface area contributed by atoms with E-state index in [-0.39, 0.29) is 34.1 Å². The van der Waals surface area contributed by atoms with E-state index in [1.54, 1.807) is 7.05 Å². The van der Waals surface area contributed by atoms with E-state index in [4.69, 9.17) is 39.5 Å². The Bertz CT molecular complexity index is 599. The molecular weight excluding hydrogens is 359 g/mol. The van der Waals surface area contributed by atoms with Gasteiger partial charge in [-0.25, -0.2) is 8.42 Å². The second-order valence-corrected chi connectivity index (χ2v) is 7.74. The summed E-state index contributed by atoms with van der Waals surface area (Å²) in [5, 5.41) is 3.29. The Morgan fingerprint density at radius 1 is 1.33 bits per heavy atom. The number of hydrogen-bond donors (Lipinski definition) is 1. The number of rotatable bonds is 4. The van der Waals surface area contributed by atoms with Crippen molar-refractivity contribution in [2.45, 2.75) is 11.0 Å². The lowest BCUT2D eigenvalue weighted by Crippen LogP contribution is -2.48. The normalized spacial score (nSPS) is 20.7. The van der Waals surface area contributed by atoms with Gasteiger partial charge >= 0.3 is 0 Å². The van der Waals surface area contributed by atoms with Crippen LogP contribution in [0.4, 0.5) is 0 Å². The van der Waals surface area contributed by atoms with Crippen LogP contribution in [0, 0.1) is 0 Å². The molecule has 0 aromatic heterocycles. The summed E-state index contributed by atoms with van der Waals surface area (Å²) in [6.45, 7) is 1.40. The van der Waals surface area contributed by atoms with Crippen molar-refractivity contribution in [2.24, 2.45) is 0 Å². The maximum absolute atomic E-state index is 12.7. The summed E-state index contributed by atoms with van der Waals surface area (Å²) in [5.41, 5.74) is 0. The summed E-state index contributed by atoms with van der Waals surface area (Å²) >= 11 is 17.9. The van der Waals surface area contributed by atoms with Crippen molar-refractivity contribution in [1.82, 2.24) is 9.62 Å². The third-order valence-electron chi connectivity index (χ3n) is 3.09. The molecular formula is C12H15Cl3N2O3S. The van der Waals surface area contributed by atoms with Gasteiger partial charge < -0.3 is 10.1 Å². The van der Waals surface area contributed by atoms with Gasteiger partial charge in [0.15, 0.2) is 0 Å². The number of nitrogens with zero attached hydrogens (tertiary/aromatic N) is 1. The molecule has 2 rings (SSSR count). The van der Waals surface area contributed by atoms with E-state index >= 15 is 0 Å². The molecule has 1 atom stereocenters. The van der Waals surface area contributed by atoms with Crippen LogP contribution in [0.1, 0.15) is 0 Å². The smallest absolute Gasteiger partial charge is 0.246 e. The molecule has 1 saturated heterocycles. The quantitative estimate of drug-likeness (QED) is 0.879. The van der Waals surface area contributed by atoms with Gasteiger partial charge in [0.1, 0.15) is 4.90 Å². The van der Waals surface area contributed by atoms with Crippen LogP contribution in [-0.4, -0.2) is 52.1 Å². The van der Waals surface area contributed by atoms with Crippen LogP contribution in [0.2, 0.25) is 15.1 Å². The maximum Gasteiger partial charge on any atom is 0.246 e. The van der Waals surface area contributed by atoms with Gasteiger partial charge in [-0.2, -0.15) is 4.31 Å². The molecule has 1 aliphatic rings. The average Bonchev–Trinajstić information content (AvgIpc) is 2.37. The fraction of sp³-hybridized carbons (Fsp3) is 0.500. The Hall–Kier alpha value is -0.0800. The lowest BCUT2D eigenvalue weighted by Gasteiger charge is -2.32. The molecule has 0 aliphatic carbocycles. The van der Waals surface area contributed by atoms with Crippen LogP contribution in [0.25, 0.3) is 0 Å². The van der Waals surface area contributed by atoms with Gasteiger partial charge in [0.05, 0.1) is 22.8 Å². The molecule has 1 N–H and O–H groups in total. The van der Waals surface area contributed by atoms with Crippen LogP contribution in [0.5, 0.6) is 0 Å². The Balaban J connectivity index is 2.34. The Morgan fingerprint density at radius 2 is 1.95 bits per heavy atom. The maximum atomic E-state index is 12.7. The number of likely N-dealkylation sites (N-methyl/N-ethyl adjacent to an activating group) is 1. The highest BCUT2D eigenvalue weighted by atomic mass is 35.5. The molecule has 1 fully saturated rings. The number of morpholine rings is 1. The third-order valence-corrected chi connectivity index (χ3v) is 6.10. The van der Waals surface area contributed by atoms with Crippen LogP contribution >= 0.6 is 34.8 Å². The predicted molar refractivity (Wildman–Crippen MR) is 83.9 cm³/mol. The average molecular weight is 374 g/mol. The second-order valence-electron chi connectivity index (χ2n) is 4.61. The van der Waals surface area contributed by atoms with Crippen molar-refractivity contribution >= 4 is 44.8 Å². The van der Waals surface area contributed by atoms with Gasteiger partial charge in [-0.15, -0.1) is 0 Å². The van der Waals surface area contributed by atoms with Gasteiger partial charge in [0, 0.05) is 24.7 Å². The van der Waals surface area contributed by atoms with E-state index in [1.165, 1.54) is 16.4 Å². The molecule has 118 valence electrons. The minimum atomic E-state index is -3.79. The van der Waals surface area contributed by atoms with E-state index in [0.717, 1.165) is 0 Å². The fourth-order valence-electron chi connectivity index (χ4n) is 2.17. The van der Waals surface area contributed by atoms with Crippen LogP contribution in [0.15, 0.2) is 17.0 Å². The Morgan fingerprint density at radius 3 is 2.52 bits per heavy atom. The lowest BCUT2D eigenvalue weighted by molar-refractivity contribution is 0.000826. The summed E-state index contributed by atoms with van der Waals surface area (Å²) < 4.78 is 32.3. The largest absolute Gasteiger partial charge is 0.374 e. The Kier molecular flexibility index (Phi) is 5.76. The van der Waals surface area contributed by atoms with Gasteiger partial charge in [-0.1, -0.05) is 34.8 Å². The summed E-state index contributed by atoms with van der Waals surface area (Å²) in [7, 11) is -2.01. The van der Waals surface area contributed by atoms with E-state index in [2.05, 4.69) is 5.32 Å². The molecule has 0 amide bonds. The molecule has 9 heteroatoms. The van der Waals surface area contributed by atoms with Crippen molar-refractivity contribution in [1.29, 1.82) is 0 Å². The first-order valence-electron chi connectivity index (χ1n) is 6.27. The number of sulfonamides is 1. The van der Waals surface area contributed by atoms with Crippen molar-refractivity contribution in [3.05, 3.63) is 27.2 Å². The van der Waals surface area contributed by atoms with E-state index in [0.29, 0.717) is 18.2 Å². The van der Waals surface area contributed by atoms with Crippen molar-refractivity contribution in [3.63, 3.8) is 0 Å². The SMILES string of the molecule is CNCC1CN(S(=O)(=O)c2c(Cl)cc(Cl)cc2Cl)CCO1. The molecule has 0 bridgehead atoms. The van der Waals surface area contributed by atoms with Crippen molar-refractivity contribution in [3.8, 4) is 0 Å². The highest BCUT2D eigenvalue weighted by Crippen LogP contribution is 2.35. The van der Waals surface area contributed by atoms with Crippen molar-refractivity contribution in [2.75, 3.05) is 33.3 Å². The first-order chi connectivity index (χ1) is 9.86. The third kappa shape index (κ3) is 3.82. The molecule has 1 aromatic rings. The summed E-state index contributed by atoms with van der Waals surface area (Å²) in [4.78, 5) is -0.111. The standard InChI is InChI=1S/C12H15Cl3N2O3S/c1-16-6-9-7-17(2-3-20-9)21(18,19)12-10(14)4-8(13)5-11(12)15/h4-5,9,16H,2-3,6-7H2,1H3. The first-order valence-corrected chi connectivity index (χ1v) is 8.84. The summed E-state index contributed by atoms with van der Waals surface area (Å²) in [5.74, 6) is 0. The van der Waals surface area contributed by atoms with E-state index in [9.17, 15) is 8.42 Å². The molecule has 5 nitrogen and oxygen atoms in total. The zero-order chi connectivity index (χ0) is 15.6. The van der Waals surface area contributed by atoms with Gasteiger partial charge in [-0.3, -0.25) is 0 Å². The zero-order valence-electron chi connectivity index (χ0n) is 11.3. The van der Waals surface area contributed by atoms with Crippen molar-refractivity contribution < 1.29 is 13.2 Å². The van der Waals surface area contributed by atoms with Crippen LogP contribution in [-0.2, 0) is 14.8 Å². The minimum absolute atomic E-state index is 0.0177. The second kappa shape index (κ2) is 7.00. The summed E-state index contributed by atoms with van der Waals surface area (Å²) in [6.07, 6.45) is -0.205. The van der Waals surface area contributed by atoms with E-state index < -0.39 is 10.0 Å². The zero-order valence-corrected chi connectivity index (χ0v) is 14.4. The number of benzene rings is 1. The lowest BCUT2D eigenvalue weighted by atomic mass is 10.3. The van der Waals surface area contributed by atoms with E-state index in [1.807, 2.05) is 0 Å². The molecule has 0 radical (unpaired) electrons. The number of hydrogen-bond acceptors (Lipinski definition) is 4. The highest BCUT2D eigenvalue weighted by molar-refractivity contribution is 7.89. The number of nitrogens with one attached hydrogen (secondary N) is 1.